The number of hydrogen-bond donors (Lipinski definition) is 0. The summed E-state index contributed by atoms with van der Waals surface area (Å²) in [5.41, 5.74) is 2.38. The van der Waals surface area contributed by atoms with Gasteiger partial charge in [0.05, 0.1) is 0 Å². The number of para-hydroxylation sites is 1. The average Bonchev–Trinajstić information content (AvgIpc) is 2.61. The van der Waals surface area contributed by atoms with Gasteiger partial charge >= 0.3 is 11.6 Å². The molecule has 0 unspecified atom stereocenters. The zero-order valence-corrected chi connectivity index (χ0v) is 15.7. The molecule has 1 aromatic heterocycles. The summed E-state index contributed by atoms with van der Waals surface area (Å²) in [4.78, 5) is 25.1. The summed E-state index contributed by atoms with van der Waals surface area (Å²) >= 11 is 0. The van der Waals surface area contributed by atoms with E-state index in [1.165, 1.54) is 6.07 Å². The monoisotopic (exact) mass is 362 g/mol. The fourth-order valence-corrected chi connectivity index (χ4v) is 3.03. The Morgan fingerprint density at radius 2 is 2.00 bits per heavy atom. The number of aryl methyl sites for hydroxylation is 1. The molecule has 0 radical (unpaired) electrons. The van der Waals surface area contributed by atoms with Crippen molar-refractivity contribution >= 4 is 16.9 Å². The Kier molecular flexibility index (Phi) is 5.26. The second kappa shape index (κ2) is 7.62. The molecule has 0 spiro atoms. The molecular formula is C23H22O4. The van der Waals surface area contributed by atoms with E-state index in [0.29, 0.717) is 23.1 Å². The van der Waals surface area contributed by atoms with Gasteiger partial charge in [-0.2, -0.15) is 0 Å². The standard InChI is InChI=1S/C23H22O4/c1-5-7-16-8-6-9-17-13-19(23(25)27-21(16)17)22(24)26-20-12-15(4)10-11-18(20)14(2)3/h5-6,8-14H,1,7H2,2-4H3. The number of ether oxygens (including phenoxy) is 1. The summed E-state index contributed by atoms with van der Waals surface area (Å²) in [5.74, 6) is -0.0648. The van der Waals surface area contributed by atoms with Crippen LogP contribution in [0.4, 0.5) is 0 Å². The molecule has 27 heavy (non-hydrogen) atoms. The van der Waals surface area contributed by atoms with E-state index in [4.69, 9.17) is 9.15 Å². The van der Waals surface area contributed by atoms with Crippen molar-refractivity contribution in [2.75, 3.05) is 0 Å². The lowest BCUT2D eigenvalue weighted by atomic mass is 10.0. The molecular weight excluding hydrogens is 340 g/mol. The number of carbonyl (C=O) groups is 1. The molecule has 4 nitrogen and oxygen atoms in total. The predicted octanol–water partition coefficient (Wildman–Crippen LogP) is 5.17. The van der Waals surface area contributed by atoms with Crippen molar-refractivity contribution in [3.05, 3.63) is 87.8 Å². The van der Waals surface area contributed by atoms with Crippen molar-refractivity contribution in [1.29, 1.82) is 0 Å². The highest BCUT2D eigenvalue weighted by atomic mass is 16.5. The molecule has 0 N–H and O–H groups in total. The first-order valence-corrected chi connectivity index (χ1v) is 8.90. The summed E-state index contributed by atoms with van der Waals surface area (Å²) in [6.07, 6.45) is 2.31. The van der Waals surface area contributed by atoms with Gasteiger partial charge in [0, 0.05) is 5.39 Å². The van der Waals surface area contributed by atoms with E-state index in [9.17, 15) is 9.59 Å². The molecule has 3 rings (SSSR count). The summed E-state index contributed by atoms with van der Waals surface area (Å²) in [6, 6.07) is 12.8. The summed E-state index contributed by atoms with van der Waals surface area (Å²) in [5, 5.41) is 0.675. The van der Waals surface area contributed by atoms with E-state index in [-0.39, 0.29) is 11.5 Å². The van der Waals surface area contributed by atoms with Gasteiger partial charge in [-0.05, 0) is 48.1 Å². The first-order valence-electron chi connectivity index (χ1n) is 8.90. The Hall–Kier alpha value is -3.14. The minimum absolute atomic E-state index is 0.116. The number of fused-ring (bicyclic) bond motifs is 1. The molecule has 138 valence electrons. The maximum Gasteiger partial charge on any atom is 0.351 e. The highest BCUT2D eigenvalue weighted by Crippen LogP contribution is 2.28. The van der Waals surface area contributed by atoms with Gasteiger partial charge in [0.2, 0.25) is 0 Å². The first kappa shape index (κ1) is 18.6. The molecule has 0 atom stereocenters. The van der Waals surface area contributed by atoms with E-state index in [1.54, 1.807) is 18.2 Å². The Morgan fingerprint density at radius 1 is 1.22 bits per heavy atom. The van der Waals surface area contributed by atoms with Gasteiger partial charge in [0.15, 0.2) is 0 Å². The van der Waals surface area contributed by atoms with Crippen molar-refractivity contribution in [3.63, 3.8) is 0 Å². The van der Waals surface area contributed by atoms with Crippen molar-refractivity contribution in [2.45, 2.75) is 33.1 Å². The van der Waals surface area contributed by atoms with E-state index in [0.717, 1.165) is 16.7 Å². The molecule has 0 aliphatic carbocycles. The van der Waals surface area contributed by atoms with Gasteiger partial charge in [-0.3, -0.25) is 0 Å². The number of hydrogen-bond acceptors (Lipinski definition) is 4. The van der Waals surface area contributed by atoms with Crippen LogP contribution in [0, 0.1) is 6.92 Å². The fraction of sp³-hybridized carbons (Fsp3) is 0.217. The second-order valence-corrected chi connectivity index (χ2v) is 6.86. The topological polar surface area (TPSA) is 56.5 Å². The third kappa shape index (κ3) is 3.85. The highest BCUT2D eigenvalue weighted by Gasteiger charge is 2.19. The molecule has 0 saturated carbocycles. The number of allylic oxidation sites excluding steroid dienone is 1. The molecule has 0 bridgehead atoms. The zero-order chi connectivity index (χ0) is 19.6. The molecule has 4 heteroatoms. The predicted molar refractivity (Wildman–Crippen MR) is 107 cm³/mol. The van der Waals surface area contributed by atoms with Gasteiger partial charge in [0.1, 0.15) is 16.9 Å². The Balaban J connectivity index is 2.02. The molecule has 3 aromatic rings. The van der Waals surface area contributed by atoms with Crippen LogP contribution in [0.2, 0.25) is 0 Å². The highest BCUT2D eigenvalue weighted by molar-refractivity contribution is 5.94. The first-order chi connectivity index (χ1) is 12.9. The third-order valence-corrected chi connectivity index (χ3v) is 4.42. The summed E-state index contributed by atoms with van der Waals surface area (Å²) in [7, 11) is 0. The third-order valence-electron chi connectivity index (χ3n) is 4.42. The van der Waals surface area contributed by atoms with Crippen LogP contribution >= 0.6 is 0 Å². The lowest BCUT2D eigenvalue weighted by Gasteiger charge is -2.13. The minimum atomic E-state index is -0.715. The fourth-order valence-electron chi connectivity index (χ4n) is 3.03. The van der Waals surface area contributed by atoms with Crippen LogP contribution in [0.3, 0.4) is 0 Å². The molecule has 0 aliphatic rings. The van der Waals surface area contributed by atoms with Crippen LogP contribution in [0.5, 0.6) is 5.75 Å². The quantitative estimate of drug-likeness (QED) is 0.272. The lowest BCUT2D eigenvalue weighted by Crippen LogP contribution is -2.19. The SMILES string of the molecule is C=CCc1cccc2cc(C(=O)Oc3cc(C)ccc3C(C)C)c(=O)oc12. The molecule has 0 aliphatic heterocycles. The summed E-state index contributed by atoms with van der Waals surface area (Å²) < 4.78 is 11.0. The number of carbonyl (C=O) groups excluding carboxylic acids is 1. The second-order valence-electron chi connectivity index (χ2n) is 6.86. The number of rotatable bonds is 5. The molecule has 2 aromatic carbocycles. The van der Waals surface area contributed by atoms with E-state index < -0.39 is 11.6 Å². The van der Waals surface area contributed by atoms with Crippen molar-refractivity contribution in [3.8, 4) is 5.75 Å². The Morgan fingerprint density at radius 3 is 2.70 bits per heavy atom. The van der Waals surface area contributed by atoms with E-state index in [2.05, 4.69) is 6.58 Å². The normalized spacial score (nSPS) is 11.0. The number of esters is 1. The van der Waals surface area contributed by atoms with Gasteiger partial charge < -0.3 is 9.15 Å². The van der Waals surface area contributed by atoms with E-state index >= 15 is 0 Å². The van der Waals surface area contributed by atoms with E-state index in [1.807, 2.05) is 45.0 Å². The maximum absolute atomic E-state index is 12.7. The smallest absolute Gasteiger partial charge is 0.351 e. The molecule has 0 fully saturated rings. The Bertz CT molecular complexity index is 1070. The van der Waals surface area contributed by atoms with Gasteiger partial charge in [-0.1, -0.05) is 50.3 Å². The van der Waals surface area contributed by atoms with Crippen LogP contribution in [0.15, 0.2) is 64.3 Å². The van der Waals surface area contributed by atoms with Crippen LogP contribution in [0.1, 0.15) is 46.8 Å². The summed E-state index contributed by atoms with van der Waals surface area (Å²) in [6.45, 7) is 9.68. The van der Waals surface area contributed by atoms with Gasteiger partial charge in [-0.25, -0.2) is 9.59 Å². The van der Waals surface area contributed by atoms with Crippen LogP contribution in [-0.4, -0.2) is 5.97 Å². The van der Waals surface area contributed by atoms with Gasteiger partial charge in [0.25, 0.3) is 0 Å². The molecule has 0 amide bonds. The Labute approximate surface area is 158 Å². The zero-order valence-electron chi connectivity index (χ0n) is 15.7. The van der Waals surface area contributed by atoms with Crippen molar-refractivity contribution < 1.29 is 13.9 Å². The maximum atomic E-state index is 12.7. The average molecular weight is 362 g/mol. The number of benzene rings is 2. The van der Waals surface area contributed by atoms with Crippen LogP contribution < -0.4 is 10.4 Å². The molecule has 1 heterocycles. The lowest BCUT2D eigenvalue weighted by molar-refractivity contribution is 0.0728. The van der Waals surface area contributed by atoms with Crippen LogP contribution in [-0.2, 0) is 6.42 Å². The largest absolute Gasteiger partial charge is 0.422 e. The minimum Gasteiger partial charge on any atom is -0.422 e. The van der Waals surface area contributed by atoms with Crippen LogP contribution in [0.25, 0.3) is 11.0 Å². The molecule has 0 saturated heterocycles. The van der Waals surface area contributed by atoms with Crippen molar-refractivity contribution in [1.82, 2.24) is 0 Å². The van der Waals surface area contributed by atoms with Crippen molar-refractivity contribution in [2.24, 2.45) is 0 Å². The van der Waals surface area contributed by atoms with Gasteiger partial charge in [-0.15, -0.1) is 6.58 Å².